The standard InChI is InChI=1S/C9H6ClFN2O2/c1-15-9(14)8-12-4-6-7(11)5(10)2-3-13(6)8/h2-4H,1H3. The quantitative estimate of drug-likeness (QED) is 0.701. The van der Waals surface area contributed by atoms with E-state index < -0.39 is 11.8 Å². The number of pyridine rings is 1. The first kappa shape index (κ1) is 9.92. The van der Waals surface area contributed by atoms with E-state index in [1.165, 1.54) is 30.0 Å². The molecule has 0 spiro atoms. The molecular weight excluding hydrogens is 223 g/mol. The highest BCUT2D eigenvalue weighted by molar-refractivity contribution is 6.31. The Morgan fingerprint density at radius 3 is 3.07 bits per heavy atom. The average Bonchev–Trinajstić information content (AvgIpc) is 2.66. The highest BCUT2D eigenvalue weighted by atomic mass is 35.5. The Hall–Kier alpha value is -1.62. The van der Waals surface area contributed by atoms with E-state index >= 15 is 0 Å². The van der Waals surface area contributed by atoms with Crippen LogP contribution >= 0.6 is 11.6 Å². The van der Waals surface area contributed by atoms with Gasteiger partial charge in [0.1, 0.15) is 5.52 Å². The summed E-state index contributed by atoms with van der Waals surface area (Å²) in [5, 5.41) is -0.0150. The number of hydrogen-bond donors (Lipinski definition) is 0. The van der Waals surface area contributed by atoms with E-state index in [9.17, 15) is 9.18 Å². The second kappa shape index (κ2) is 3.51. The third-order valence-corrected chi connectivity index (χ3v) is 2.26. The van der Waals surface area contributed by atoms with Crippen LogP contribution in [0.25, 0.3) is 5.52 Å². The second-order valence-corrected chi connectivity index (χ2v) is 3.21. The Bertz CT molecular complexity index is 538. The van der Waals surface area contributed by atoms with Crippen molar-refractivity contribution in [2.24, 2.45) is 0 Å². The monoisotopic (exact) mass is 228 g/mol. The van der Waals surface area contributed by atoms with E-state index in [1.54, 1.807) is 0 Å². The third-order valence-electron chi connectivity index (χ3n) is 1.97. The van der Waals surface area contributed by atoms with E-state index in [2.05, 4.69) is 9.72 Å². The number of aromatic nitrogens is 2. The Labute approximate surface area is 89.2 Å². The molecule has 0 aliphatic carbocycles. The summed E-state index contributed by atoms with van der Waals surface area (Å²) in [5.74, 6) is -1.22. The lowest BCUT2D eigenvalue weighted by molar-refractivity contribution is 0.0586. The maximum Gasteiger partial charge on any atom is 0.374 e. The molecule has 0 aromatic carbocycles. The van der Waals surface area contributed by atoms with Crippen molar-refractivity contribution in [3.63, 3.8) is 0 Å². The molecule has 0 aliphatic heterocycles. The van der Waals surface area contributed by atoms with Gasteiger partial charge >= 0.3 is 5.97 Å². The normalized spacial score (nSPS) is 10.6. The molecule has 0 atom stereocenters. The summed E-state index contributed by atoms with van der Waals surface area (Å²) >= 11 is 5.58. The number of nitrogens with zero attached hydrogens (tertiary/aromatic N) is 2. The Morgan fingerprint density at radius 1 is 1.67 bits per heavy atom. The fraction of sp³-hybridized carbons (Fsp3) is 0.111. The Kier molecular flexibility index (Phi) is 2.32. The van der Waals surface area contributed by atoms with Crippen LogP contribution in [0, 0.1) is 5.82 Å². The molecule has 0 saturated carbocycles. The number of rotatable bonds is 1. The Morgan fingerprint density at radius 2 is 2.40 bits per heavy atom. The van der Waals surface area contributed by atoms with Crippen molar-refractivity contribution in [2.45, 2.75) is 0 Å². The molecule has 0 saturated heterocycles. The van der Waals surface area contributed by atoms with Crippen LogP contribution in [0.2, 0.25) is 5.02 Å². The second-order valence-electron chi connectivity index (χ2n) is 2.81. The van der Waals surface area contributed by atoms with Crippen LogP contribution in [-0.4, -0.2) is 22.5 Å². The minimum Gasteiger partial charge on any atom is -0.463 e. The fourth-order valence-electron chi connectivity index (χ4n) is 1.25. The van der Waals surface area contributed by atoms with Crippen LogP contribution in [-0.2, 0) is 4.74 Å². The zero-order valence-corrected chi connectivity index (χ0v) is 8.45. The van der Waals surface area contributed by atoms with Gasteiger partial charge in [0.05, 0.1) is 18.3 Å². The summed E-state index contributed by atoms with van der Waals surface area (Å²) in [5.41, 5.74) is 0.142. The van der Waals surface area contributed by atoms with Crippen molar-refractivity contribution >= 4 is 23.1 Å². The molecule has 2 rings (SSSR count). The van der Waals surface area contributed by atoms with E-state index in [4.69, 9.17) is 11.6 Å². The minimum absolute atomic E-state index is 0.0150. The van der Waals surface area contributed by atoms with Crippen molar-refractivity contribution < 1.29 is 13.9 Å². The van der Waals surface area contributed by atoms with Gasteiger partial charge in [-0.3, -0.25) is 4.40 Å². The van der Waals surface area contributed by atoms with Crippen LogP contribution in [0.1, 0.15) is 10.6 Å². The van der Waals surface area contributed by atoms with Crippen molar-refractivity contribution in [1.29, 1.82) is 0 Å². The number of halogens is 2. The number of ether oxygens (including phenoxy) is 1. The molecule has 0 bridgehead atoms. The van der Waals surface area contributed by atoms with Crippen molar-refractivity contribution in [1.82, 2.24) is 9.38 Å². The first-order chi connectivity index (χ1) is 7.15. The van der Waals surface area contributed by atoms with Gasteiger partial charge in [-0.25, -0.2) is 14.2 Å². The summed E-state index contributed by atoms with van der Waals surface area (Å²) in [6, 6.07) is 1.35. The zero-order valence-electron chi connectivity index (χ0n) is 7.70. The largest absolute Gasteiger partial charge is 0.463 e. The van der Waals surface area contributed by atoms with E-state index in [0.717, 1.165) is 0 Å². The van der Waals surface area contributed by atoms with Crippen molar-refractivity contribution in [2.75, 3.05) is 7.11 Å². The summed E-state index contributed by atoms with van der Waals surface area (Å²) < 4.78 is 19.2. The number of imidazole rings is 1. The molecule has 4 nitrogen and oxygen atoms in total. The van der Waals surface area contributed by atoms with E-state index in [1.807, 2.05) is 0 Å². The van der Waals surface area contributed by atoms with Crippen molar-refractivity contribution in [3.05, 3.63) is 35.1 Å². The molecule has 0 fully saturated rings. The first-order valence-corrected chi connectivity index (χ1v) is 4.42. The number of methoxy groups -OCH3 is 1. The van der Waals surface area contributed by atoms with Crippen LogP contribution in [0.5, 0.6) is 0 Å². The van der Waals surface area contributed by atoms with E-state index in [0.29, 0.717) is 0 Å². The molecule has 0 unspecified atom stereocenters. The van der Waals surface area contributed by atoms with Gasteiger partial charge in [0.2, 0.25) is 5.82 Å². The maximum absolute atomic E-state index is 13.4. The zero-order chi connectivity index (χ0) is 11.0. The highest BCUT2D eigenvalue weighted by Crippen LogP contribution is 2.20. The predicted octanol–water partition coefficient (Wildman–Crippen LogP) is 1.91. The van der Waals surface area contributed by atoms with Gasteiger partial charge in [-0.2, -0.15) is 0 Å². The topological polar surface area (TPSA) is 43.6 Å². The number of carbonyl (C=O) groups is 1. The minimum atomic E-state index is -0.628. The smallest absolute Gasteiger partial charge is 0.374 e. The number of esters is 1. The summed E-state index contributed by atoms with van der Waals surface area (Å²) in [6.07, 6.45) is 2.69. The van der Waals surface area contributed by atoms with Crippen LogP contribution in [0.15, 0.2) is 18.5 Å². The fourth-order valence-corrected chi connectivity index (χ4v) is 1.41. The highest BCUT2D eigenvalue weighted by Gasteiger charge is 2.16. The first-order valence-electron chi connectivity index (χ1n) is 4.04. The van der Waals surface area contributed by atoms with Crippen LogP contribution in [0.4, 0.5) is 4.39 Å². The van der Waals surface area contributed by atoms with Gasteiger partial charge in [-0.1, -0.05) is 11.6 Å². The van der Waals surface area contributed by atoms with Gasteiger partial charge in [0.25, 0.3) is 0 Å². The molecule has 6 heteroatoms. The SMILES string of the molecule is COC(=O)c1ncc2c(F)c(Cl)ccn12. The molecular formula is C9H6ClFN2O2. The third kappa shape index (κ3) is 1.45. The lowest BCUT2D eigenvalue weighted by atomic mass is 10.4. The number of carbonyl (C=O) groups excluding carboxylic acids is 1. The van der Waals surface area contributed by atoms with Crippen molar-refractivity contribution in [3.8, 4) is 0 Å². The molecule has 78 valence electrons. The van der Waals surface area contributed by atoms with Crippen LogP contribution in [0.3, 0.4) is 0 Å². The van der Waals surface area contributed by atoms with Gasteiger partial charge < -0.3 is 4.74 Å². The predicted molar refractivity (Wildman–Crippen MR) is 51.5 cm³/mol. The summed E-state index contributed by atoms with van der Waals surface area (Å²) in [4.78, 5) is 15.0. The van der Waals surface area contributed by atoms with Gasteiger partial charge in [0, 0.05) is 6.20 Å². The number of fused-ring (bicyclic) bond motifs is 1. The molecule has 2 heterocycles. The van der Waals surface area contributed by atoms with Gasteiger partial charge in [-0.15, -0.1) is 0 Å². The Balaban J connectivity index is 2.72. The van der Waals surface area contributed by atoms with E-state index in [-0.39, 0.29) is 16.4 Å². The summed E-state index contributed by atoms with van der Waals surface area (Å²) in [7, 11) is 1.23. The lowest BCUT2D eigenvalue weighted by Gasteiger charge is -2.00. The molecule has 2 aromatic heterocycles. The molecule has 0 radical (unpaired) electrons. The molecule has 0 aliphatic rings. The summed E-state index contributed by atoms with van der Waals surface area (Å²) in [6.45, 7) is 0. The van der Waals surface area contributed by atoms with Crippen LogP contribution < -0.4 is 0 Å². The maximum atomic E-state index is 13.4. The van der Waals surface area contributed by atoms with Gasteiger partial charge in [-0.05, 0) is 6.07 Å². The van der Waals surface area contributed by atoms with Gasteiger partial charge in [0.15, 0.2) is 5.82 Å². The number of hydrogen-bond acceptors (Lipinski definition) is 3. The molecule has 0 N–H and O–H groups in total. The molecule has 15 heavy (non-hydrogen) atoms. The average molecular weight is 229 g/mol. The molecule has 0 amide bonds. The lowest BCUT2D eigenvalue weighted by Crippen LogP contribution is -2.07. The molecule has 2 aromatic rings.